The zero-order valence-electron chi connectivity index (χ0n) is 14.2. The molecule has 1 amide bonds. The number of anilines is 1. The second-order valence-corrected chi connectivity index (χ2v) is 7.84. The number of nitro groups is 1. The third-order valence-corrected chi connectivity index (χ3v) is 5.20. The minimum atomic E-state index is -3.54. The van der Waals surface area contributed by atoms with Crippen molar-refractivity contribution >= 4 is 33.3 Å². The summed E-state index contributed by atoms with van der Waals surface area (Å²) in [5, 5.41) is 13.1. The number of sulfonamides is 1. The average molecular weight is 385 g/mol. The van der Waals surface area contributed by atoms with Crippen LogP contribution >= 0.6 is 0 Å². The minimum absolute atomic E-state index is 0.121. The summed E-state index contributed by atoms with van der Waals surface area (Å²) in [6.07, 6.45) is 0.738. The van der Waals surface area contributed by atoms with Crippen molar-refractivity contribution in [2.24, 2.45) is 0 Å². The van der Waals surface area contributed by atoms with Gasteiger partial charge in [-0.25, -0.2) is 8.42 Å². The van der Waals surface area contributed by atoms with Crippen LogP contribution in [0.1, 0.15) is 19.8 Å². The zero-order valence-corrected chi connectivity index (χ0v) is 15.1. The van der Waals surface area contributed by atoms with Gasteiger partial charge in [0, 0.05) is 24.4 Å². The molecule has 0 unspecified atom stereocenters. The summed E-state index contributed by atoms with van der Waals surface area (Å²) in [5.74, 6) is -1.41. The molecule has 142 valence electrons. The fourth-order valence-electron chi connectivity index (χ4n) is 2.59. The van der Waals surface area contributed by atoms with E-state index in [2.05, 4.69) is 5.32 Å². The Labute approximate surface area is 150 Å². The predicted octanol–water partition coefficient (Wildman–Crippen LogP) is 0.889. The lowest BCUT2D eigenvalue weighted by Gasteiger charge is -2.22. The van der Waals surface area contributed by atoms with Gasteiger partial charge < -0.3 is 10.1 Å². The summed E-state index contributed by atoms with van der Waals surface area (Å²) in [6.45, 7) is 1.60. The molecule has 1 heterocycles. The summed E-state index contributed by atoms with van der Waals surface area (Å²) < 4.78 is 29.5. The topological polar surface area (TPSA) is 136 Å². The van der Waals surface area contributed by atoms with Gasteiger partial charge in [-0.2, -0.15) is 4.31 Å². The van der Waals surface area contributed by atoms with E-state index < -0.39 is 39.0 Å². The number of nitrogens with zero attached hydrogens (tertiary/aromatic N) is 2. The molecular weight excluding hydrogens is 366 g/mol. The molecule has 0 radical (unpaired) electrons. The van der Waals surface area contributed by atoms with Gasteiger partial charge in [0.15, 0.2) is 6.10 Å². The van der Waals surface area contributed by atoms with Gasteiger partial charge >= 0.3 is 5.97 Å². The lowest BCUT2D eigenvalue weighted by molar-refractivity contribution is -0.384. The molecule has 0 saturated carbocycles. The van der Waals surface area contributed by atoms with Gasteiger partial charge in [0.2, 0.25) is 10.0 Å². The molecular formula is C15H19N3O7S. The smallest absolute Gasteiger partial charge is 0.325 e. The molecule has 10 nitrogen and oxygen atoms in total. The highest BCUT2D eigenvalue weighted by atomic mass is 32.2. The molecule has 1 aromatic rings. The minimum Gasteiger partial charge on any atom is -0.451 e. The van der Waals surface area contributed by atoms with Crippen LogP contribution in [0.15, 0.2) is 24.3 Å². The van der Waals surface area contributed by atoms with Gasteiger partial charge in [-0.1, -0.05) is 0 Å². The van der Waals surface area contributed by atoms with E-state index in [-0.39, 0.29) is 12.2 Å². The highest BCUT2D eigenvalue weighted by Crippen LogP contribution is 2.22. The summed E-state index contributed by atoms with van der Waals surface area (Å²) >= 11 is 0. The highest BCUT2D eigenvalue weighted by molar-refractivity contribution is 7.88. The van der Waals surface area contributed by atoms with Crippen LogP contribution in [0.2, 0.25) is 0 Å². The van der Waals surface area contributed by atoms with Crippen LogP contribution in [0.5, 0.6) is 0 Å². The quantitative estimate of drug-likeness (QED) is 0.436. The van der Waals surface area contributed by atoms with Crippen LogP contribution < -0.4 is 5.32 Å². The molecule has 1 fully saturated rings. The van der Waals surface area contributed by atoms with Crippen molar-refractivity contribution in [1.29, 1.82) is 0 Å². The van der Waals surface area contributed by atoms with Crippen molar-refractivity contribution < 1.29 is 27.7 Å². The second kappa shape index (κ2) is 7.79. The lowest BCUT2D eigenvalue weighted by atomic mass is 10.2. The van der Waals surface area contributed by atoms with E-state index in [0.29, 0.717) is 18.5 Å². The number of carbonyl (C=O) groups excluding carboxylic acids is 2. The van der Waals surface area contributed by atoms with Crippen molar-refractivity contribution in [1.82, 2.24) is 4.31 Å². The van der Waals surface area contributed by atoms with E-state index in [9.17, 15) is 28.1 Å². The van der Waals surface area contributed by atoms with E-state index in [1.807, 2.05) is 0 Å². The number of benzene rings is 1. The van der Waals surface area contributed by atoms with Gasteiger partial charge in [-0.05, 0) is 31.9 Å². The van der Waals surface area contributed by atoms with E-state index in [1.165, 1.54) is 31.2 Å². The van der Waals surface area contributed by atoms with E-state index >= 15 is 0 Å². The van der Waals surface area contributed by atoms with Crippen LogP contribution in [0, 0.1) is 10.1 Å². The number of nitrogens with one attached hydrogen (secondary N) is 1. The molecule has 1 aromatic carbocycles. The lowest BCUT2D eigenvalue weighted by Crippen LogP contribution is -2.43. The molecule has 0 bridgehead atoms. The Morgan fingerprint density at radius 1 is 1.35 bits per heavy atom. The molecule has 2 atom stereocenters. The second-order valence-electron chi connectivity index (χ2n) is 5.90. The van der Waals surface area contributed by atoms with Crippen LogP contribution in [0.3, 0.4) is 0 Å². The SMILES string of the molecule is C[C@@H](OC(=O)[C@@H]1CCCN1S(C)(=O)=O)C(=O)Nc1ccc([N+](=O)[O-])cc1. The Morgan fingerprint density at radius 3 is 2.50 bits per heavy atom. The molecule has 26 heavy (non-hydrogen) atoms. The fourth-order valence-corrected chi connectivity index (χ4v) is 3.70. The molecule has 2 rings (SSSR count). The third kappa shape index (κ3) is 4.76. The normalized spacial score (nSPS) is 18.9. The van der Waals surface area contributed by atoms with Gasteiger partial charge in [0.25, 0.3) is 11.6 Å². The van der Waals surface area contributed by atoms with Gasteiger partial charge in [0.1, 0.15) is 6.04 Å². The highest BCUT2D eigenvalue weighted by Gasteiger charge is 2.38. The number of hydrogen-bond acceptors (Lipinski definition) is 7. The molecule has 0 spiro atoms. The number of carbonyl (C=O) groups is 2. The molecule has 1 aliphatic heterocycles. The number of rotatable bonds is 6. The summed E-state index contributed by atoms with van der Waals surface area (Å²) in [4.78, 5) is 34.3. The molecule has 1 N–H and O–H groups in total. The maximum Gasteiger partial charge on any atom is 0.325 e. The van der Waals surface area contributed by atoms with Crippen molar-refractivity contribution in [2.45, 2.75) is 31.9 Å². The van der Waals surface area contributed by atoms with Crippen LogP contribution in [0.4, 0.5) is 11.4 Å². The van der Waals surface area contributed by atoms with Crippen molar-refractivity contribution in [3.8, 4) is 0 Å². The number of hydrogen-bond donors (Lipinski definition) is 1. The number of esters is 1. The number of amides is 1. The molecule has 11 heteroatoms. The van der Waals surface area contributed by atoms with Gasteiger partial charge in [-0.3, -0.25) is 19.7 Å². The maximum absolute atomic E-state index is 12.2. The molecule has 0 aromatic heterocycles. The average Bonchev–Trinajstić information content (AvgIpc) is 3.05. The van der Waals surface area contributed by atoms with E-state index in [1.54, 1.807) is 0 Å². The molecule has 1 saturated heterocycles. The monoisotopic (exact) mass is 385 g/mol. The first kappa shape index (κ1) is 19.8. The first-order valence-electron chi connectivity index (χ1n) is 7.82. The molecule has 0 aliphatic carbocycles. The maximum atomic E-state index is 12.2. The Hall–Kier alpha value is -2.53. The number of nitro benzene ring substituents is 1. The Bertz CT molecular complexity index is 807. The zero-order chi connectivity index (χ0) is 19.5. The summed E-state index contributed by atoms with van der Waals surface area (Å²) in [7, 11) is -3.54. The first-order chi connectivity index (χ1) is 12.1. The summed E-state index contributed by atoms with van der Waals surface area (Å²) in [6, 6.07) is 4.24. The van der Waals surface area contributed by atoms with Crippen LogP contribution in [-0.2, 0) is 24.3 Å². The van der Waals surface area contributed by atoms with Crippen molar-refractivity contribution in [3.05, 3.63) is 34.4 Å². The summed E-state index contributed by atoms with van der Waals surface area (Å²) in [5.41, 5.74) is 0.187. The molecule has 1 aliphatic rings. The van der Waals surface area contributed by atoms with Crippen molar-refractivity contribution in [2.75, 3.05) is 18.1 Å². The van der Waals surface area contributed by atoms with Crippen LogP contribution in [0.25, 0.3) is 0 Å². The predicted molar refractivity (Wildman–Crippen MR) is 91.9 cm³/mol. The standard InChI is InChI=1S/C15H19N3O7S/c1-10(14(19)16-11-5-7-12(8-6-11)18(21)22)25-15(20)13-4-3-9-17(13)26(2,23)24/h5-8,10,13H,3-4,9H2,1-2H3,(H,16,19)/t10-,13+/m1/s1. The Balaban J connectivity index is 1.96. The van der Waals surface area contributed by atoms with Crippen molar-refractivity contribution in [3.63, 3.8) is 0 Å². The third-order valence-electron chi connectivity index (χ3n) is 3.91. The van der Waals surface area contributed by atoms with E-state index in [4.69, 9.17) is 4.74 Å². The fraction of sp³-hybridized carbons (Fsp3) is 0.467. The van der Waals surface area contributed by atoms with Gasteiger partial charge in [-0.15, -0.1) is 0 Å². The Morgan fingerprint density at radius 2 is 1.96 bits per heavy atom. The van der Waals surface area contributed by atoms with Gasteiger partial charge in [0.05, 0.1) is 11.2 Å². The van der Waals surface area contributed by atoms with Crippen LogP contribution in [-0.4, -0.2) is 54.5 Å². The first-order valence-corrected chi connectivity index (χ1v) is 9.67. The van der Waals surface area contributed by atoms with E-state index in [0.717, 1.165) is 10.6 Å². The Kier molecular flexibility index (Phi) is 5.93. The number of non-ortho nitro benzene ring substituents is 1. The largest absolute Gasteiger partial charge is 0.451 e. The number of ether oxygens (including phenoxy) is 1.